The van der Waals surface area contributed by atoms with E-state index in [9.17, 15) is 4.79 Å². The molecule has 82 valence electrons. The van der Waals surface area contributed by atoms with Crippen molar-refractivity contribution in [3.05, 3.63) is 0 Å². The number of likely N-dealkylation sites (N-methyl/N-ethyl adjacent to an activating group) is 2. The second kappa shape index (κ2) is 4.75. The van der Waals surface area contributed by atoms with E-state index in [0.29, 0.717) is 13.1 Å². The van der Waals surface area contributed by atoms with Gasteiger partial charge < -0.3 is 11.1 Å². The van der Waals surface area contributed by atoms with E-state index in [2.05, 4.69) is 10.2 Å². The number of nitrogens with two attached hydrogens (primary N) is 1. The zero-order valence-corrected chi connectivity index (χ0v) is 9.18. The van der Waals surface area contributed by atoms with Crippen molar-refractivity contribution in [1.82, 2.24) is 10.2 Å². The molecule has 0 spiro atoms. The number of hydrogen-bond donors (Lipinski definition) is 2. The molecule has 1 fully saturated rings. The number of carbonyl (C=O) groups is 1. The number of amides is 1. The minimum Gasteiger partial charge on any atom is -0.358 e. The van der Waals surface area contributed by atoms with Gasteiger partial charge in [0.25, 0.3) is 0 Å². The zero-order valence-electron chi connectivity index (χ0n) is 9.18. The van der Waals surface area contributed by atoms with Crippen LogP contribution in [0.25, 0.3) is 0 Å². The lowest BCUT2D eigenvalue weighted by molar-refractivity contribution is -0.122. The van der Waals surface area contributed by atoms with E-state index >= 15 is 0 Å². The highest BCUT2D eigenvalue weighted by molar-refractivity contribution is 5.77. The molecule has 0 atom stereocenters. The predicted molar refractivity (Wildman–Crippen MR) is 57.0 cm³/mol. The SMILES string of the molecule is CNC(=O)CN(C)C1(CN)CCCC1. The molecule has 4 nitrogen and oxygen atoms in total. The molecule has 4 heteroatoms. The van der Waals surface area contributed by atoms with Crippen LogP contribution in [0.4, 0.5) is 0 Å². The molecule has 3 N–H and O–H groups in total. The largest absolute Gasteiger partial charge is 0.358 e. The Morgan fingerprint density at radius 1 is 1.50 bits per heavy atom. The summed E-state index contributed by atoms with van der Waals surface area (Å²) in [6.07, 6.45) is 4.71. The fourth-order valence-electron chi connectivity index (χ4n) is 2.24. The predicted octanol–water partition coefficient (Wildman–Crippen LogP) is -0.0643. The van der Waals surface area contributed by atoms with Crippen LogP contribution in [0.2, 0.25) is 0 Å². The molecule has 1 rings (SSSR count). The first-order valence-electron chi connectivity index (χ1n) is 5.26. The molecular formula is C10H21N3O. The van der Waals surface area contributed by atoms with Crippen molar-refractivity contribution in [1.29, 1.82) is 0 Å². The fraction of sp³-hybridized carbons (Fsp3) is 0.900. The Hall–Kier alpha value is -0.610. The lowest BCUT2D eigenvalue weighted by Crippen LogP contribution is -2.52. The van der Waals surface area contributed by atoms with Gasteiger partial charge in [-0.1, -0.05) is 12.8 Å². The monoisotopic (exact) mass is 199 g/mol. The van der Waals surface area contributed by atoms with Crippen LogP contribution < -0.4 is 11.1 Å². The third-order valence-corrected chi connectivity index (χ3v) is 3.38. The number of carbonyl (C=O) groups excluding carboxylic acids is 1. The molecule has 0 unspecified atom stereocenters. The van der Waals surface area contributed by atoms with Gasteiger partial charge in [0.2, 0.25) is 5.91 Å². The Bertz CT molecular complexity index is 200. The Morgan fingerprint density at radius 2 is 2.07 bits per heavy atom. The smallest absolute Gasteiger partial charge is 0.233 e. The van der Waals surface area contributed by atoms with E-state index in [0.717, 1.165) is 12.8 Å². The molecule has 0 aliphatic heterocycles. The summed E-state index contributed by atoms with van der Waals surface area (Å²) in [7, 11) is 3.66. The molecule has 1 aliphatic carbocycles. The quantitative estimate of drug-likeness (QED) is 0.666. The first-order valence-corrected chi connectivity index (χ1v) is 5.26. The summed E-state index contributed by atoms with van der Waals surface area (Å²) in [5, 5.41) is 2.64. The number of nitrogens with one attached hydrogen (secondary N) is 1. The van der Waals surface area contributed by atoms with E-state index < -0.39 is 0 Å². The number of rotatable bonds is 4. The summed E-state index contributed by atoms with van der Waals surface area (Å²) in [5.41, 5.74) is 5.89. The molecule has 0 aromatic rings. The fourth-order valence-corrected chi connectivity index (χ4v) is 2.24. The summed E-state index contributed by atoms with van der Waals surface area (Å²) in [6.45, 7) is 1.11. The van der Waals surface area contributed by atoms with Crippen LogP contribution in [0.15, 0.2) is 0 Å². The van der Waals surface area contributed by atoms with Crippen molar-refractivity contribution >= 4 is 5.91 Å². The minimum atomic E-state index is 0.0622. The molecule has 1 aliphatic rings. The maximum Gasteiger partial charge on any atom is 0.233 e. The summed E-state index contributed by atoms with van der Waals surface area (Å²) in [5.74, 6) is 0.0622. The molecule has 0 heterocycles. The molecule has 1 amide bonds. The van der Waals surface area contributed by atoms with Gasteiger partial charge in [-0.3, -0.25) is 9.69 Å². The average molecular weight is 199 g/mol. The molecular weight excluding hydrogens is 178 g/mol. The summed E-state index contributed by atoms with van der Waals surface area (Å²) < 4.78 is 0. The van der Waals surface area contributed by atoms with E-state index in [-0.39, 0.29) is 11.4 Å². The van der Waals surface area contributed by atoms with E-state index in [1.165, 1.54) is 12.8 Å². The molecule has 14 heavy (non-hydrogen) atoms. The second-order valence-electron chi connectivity index (χ2n) is 4.16. The van der Waals surface area contributed by atoms with Crippen LogP contribution in [-0.4, -0.2) is 43.5 Å². The highest BCUT2D eigenvalue weighted by atomic mass is 16.1. The van der Waals surface area contributed by atoms with Gasteiger partial charge in [0, 0.05) is 19.1 Å². The number of hydrogen-bond acceptors (Lipinski definition) is 3. The maximum atomic E-state index is 11.2. The molecule has 1 saturated carbocycles. The van der Waals surface area contributed by atoms with Gasteiger partial charge in [0.1, 0.15) is 0 Å². The van der Waals surface area contributed by atoms with Crippen LogP contribution in [0.5, 0.6) is 0 Å². The number of nitrogens with zero attached hydrogens (tertiary/aromatic N) is 1. The maximum absolute atomic E-state index is 11.2. The lowest BCUT2D eigenvalue weighted by atomic mass is 9.96. The molecule has 0 bridgehead atoms. The molecule has 0 radical (unpaired) electrons. The van der Waals surface area contributed by atoms with Crippen LogP contribution >= 0.6 is 0 Å². The van der Waals surface area contributed by atoms with Gasteiger partial charge in [-0.15, -0.1) is 0 Å². The lowest BCUT2D eigenvalue weighted by Gasteiger charge is -2.37. The van der Waals surface area contributed by atoms with E-state index in [1.54, 1.807) is 7.05 Å². The van der Waals surface area contributed by atoms with Crippen molar-refractivity contribution in [2.24, 2.45) is 5.73 Å². The van der Waals surface area contributed by atoms with Crippen molar-refractivity contribution < 1.29 is 4.79 Å². The van der Waals surface area contributed by atoms with Gasteiger partial charge in [-0.25, -0.2) is 0 Å². The van der Waals surface area contributed by atoms with Crippen LogP contribution in [0.3, 0.4) is 0 Å². The van der Waals surface area contributed by atoms with Gasteiger partial charge in [-0.05, 0) is 19.9 Å². The highest BCUT2D eigenvalue weighted by Crippen LogP contribution is 2.33. The third-order valence-electron chi connectivity index (χ3n) is 3.38. The molecule has 0 saturated heterocycles. The van der Waals surface area contributed by atoms with Crippen molar-refractivity contribution in [2.45, 2.75) is 31.2 Å². The highest BCUT2D eigenvalue weighted by Gasteiger charge is 2.36. The van der Waals surface area contributed by atoms with E-state index in [4.69, 9.17) is 5.73 Å². The third kappa shape index (κ3) is 2.25. The normalized spacial score (nSPS) is 20.0. The van der Waals surface area contributed by atoms with Gasteiger partial charge in [0.15, 0.2) is 0 Å². The summed E-state index contributed by atoms with van der Waals surface area (Å²) >= 11 is 0. The van der Waals surface area contributed by atoms with Gasteiger partial charge in [-0.2, -0.15) is 0 Å². The Balaban J connectivity index is 2.55. The summed E-state index contributed by atoms with van der Waals surface area (Å²) in [4.78, 5) is 13.4. The summed E-state index contributed by atoms with van der Waals surface area (Å²) in [6, 6.07) is 0. The van der Waals surface area contributed by atoms with Crippen molar-refractivity contribution in [2.75, 3.05) is 27.2 Å². The molecule has 0 aromatic carbocycles. The Kier molecular flexibility index (Phi) is 3.89. The average Bonchev–Trinajstić information content (AvgIpc) is 2.67. The first kappa shape index (κ1) is 11.5. The molecule has 0 aromatic heterocycles. The van der Waals surface area contributed by atoms with Crippen molar-refractivity contribution in [3.63, 3.8) is 0 Å². The zero-order chi connectivity index (χ0) is 10.6. The van der Waals surface area contributed by atoms with Gasteiger partial charge in [0.05, 0.1) is 6.54 Å². The van der Waals surface area contributed by atoms with E-state index in [1.807, 2.05) is 7.05 Å². The first-order chi connectivity index (χ1) is 6.64. The Morgan fingerprint density at radius 3 is 2.50 bits per heavy atom. The topological polar surface area (TPSA) is 58.4 Å². The Labute approximate surface area is 85.8 Å². The second-order valence-corrected chi connectivity index (χ2v) is 4.16. The standard InChI is InChI=1S/C10H21N3O/c1-12-9(14)7-13(2)10(8-11)5-3-4-6-10/h3-8,11H2,1-2H3,(H,12,14). The van der Waals surface area contributed by atoms with Crippen LogP contribution in [0, 0.1) is 0 Å². The van der Waals surface area contributed by atoms with Gasteiger partial charge >= 0.3 is 0 Å². The minimum absolute atomic E-state index is 0.0622. The van der Waals surface area contributed by atoms with Crippen LogP contribution in [-0.2, 0) is 4.79 Å². The van der Waals surface area contributed by atoms with Crippen molar-refractivity contribution in [3.8, 4) is 0 Å². The van der Waals surface area contributed by atoms with Crippen LogP contribution in [0.1, 0.15) is 25.7 Å².